The van der Waals surface area contributed by atoms with E-state index < -0.39 is 17.3 Å². The van der Waals surface area contributed by atoms with Gasteiger partial charge in [0.25, 0.3) is 5.56 Å². The zero-order valence-electron chi connectivity index (χ0n) is 15.5. The summed E-state index contributed by atoms with van der Waals surface area (Å²) in [6, 6.07) is 12.3. The van der Waals surface area contributed by atoms with E-state index in [9.17, 15) is 18.8 Å². The van der Waals surface area contributed by atoms with Gasteiger partial charge in [-0.05, 0) is 30.3 Å². The highest BCUT2D eigenvalue weighted by molar-refractivity contribution is 5.94. The van der Waals surface area contributed by atoms with Crippen LogP contribution in [0.1, 0.15) is 13.3 Å². The van der Waals surface area contributed by atoms with Gasteiger partial charge in [-0.25, -0.2) is 9.37 Å². The number of hydrogen-bond donors (Lipinski definition) is 1. The van der Waals surface area contributed by atoms with Crippen molar-refractivity contribution in [2.45, 2.75) is 19.9 Å². The van der Waals surface area contributed by atoms with Gasteiger partial charge in [-0.3, -0.25) is 23.9 Å². The lowest BCUT2D eigenvalue weighted by molar-refractivity contribution is -0.118. The Morgan fingerprint density at radius 3 is 2.64 bits per heavy atom. The van der Waals surface area contributed by atoms with E-state index in [-0.39, 0.29) is 30.4 Å². The molecular formula is C20H19FN4O3. The molecule has 0 fully saturated rings. The van der Waals surface area contributed by atoms with Crippen LogP contribution in [-0.4, -0.2) is 28.4 Å². The van der Waals surface area contributed by atoms with Gasteiger partial charge >= 0.3 is 0 Å². The minimum Gasteiger partial charge on any atom is -0.324 e. The van der Waals surface area contributed by atoms with E-state index in [1.54, 1.807) is 37.3 Å². The molecule has 2 amide bonds. The minimum absolute atomic E-state index is 0.0518. The Balaban J connectivity index is 2.01. The van der Waals surface area contributed by atoms with E-state index in [0.29, 0.717) is 11.0 Å². The van der Waals surface area contributed by atoms with E-state index in [0.717, 1.165) is 0 Å². The summed E-state index contributed by atoms with van der Waals surface area (Å²) < 4.78 is 14.6. The van der Waals surface area contributed by atoms with Crippen molar-refractivity contribution >= 4 is 34.4 Å². The highest BCUT2D eigenvalue weighted by Gasteiger charge is 2.19. The fraction of sp³-hybridized carbons (Fsp3) is 0.200. The average molecular weight is 382 g/mol. The van der Waals surface area contributed by atoms with Crippen molar-refractivity contribution in [1.82, 2.24) is 9.55 Å². The van der Waals surface area contributed by atoms with Gasteiger partial charge in [0.2, 0.25) is 17.6 Å². The van der Waals surface area contributed by atoms with Gasteiger partial charge in [0.15, 0.2) is 0 Å². The smallest absolute Gasteiger partial charge is 0.294 e. The molecule has 8 heteroatoms. The Morgan fingerprint density at radius 1 is 1.18 bits per heavy atom. The van der Waals surface area contributed by atoms with Crippen LogP contribution >= 0.6 is 0 Å². The van der Waals surface area contributed by atoms with Crippen LogP contribution in [0.5, 0.6) is 0 Å². The van der Waals surface area contributed by atoms with Gasteiger partial charge < -0.3 is 5.32 Å². The van der Waals surface area contributed by atoms with E-state index in [1.165, 1.54) is 34.7 Å². The Hall–Kier alpha value is -3.55. The molecule has 0 aliphatic rings. The van der Waals surface area contributed by atoms with Crippen molar-refractivity contribution in [3.63, 3.8) is 0 Å². The van der Waals surface area contributed by atoms with Crippen molar-refractivity contribution in [2.75, 3.05) is 17.3 Å². The molecule has 0 saturated heterocycles. The van der Waals surface area contributed by atoms with Crippen LogP contribution in [0.3, 0.4) is 0 Å². The number of benzene rings is 2. The summed E-state index contributed by atoms with van der Waals surface area (Å²) in [7, 11) is 1.47. The molecule has 28 heavy (non-hydrogen) atoms. The topological polar surface area (TPSA) is 84.3 Å². The summed E-state index contributed by atoms with van der Waals surface area (Å²) in [4.78, 5) is 42.9. The third-order valence-electron chi connectivity index (χ3n) is 4.24. The van der Waals surface area contributed by atoms with Crippen LogP contribution in [0.15, 0.2) is 53.3 Å². The van der Waals surface area contributed by atoms with Gasteiger partial charge in [-0.2, -0.15) is 0 Å². The molecule has 3 aromatic rings. The first kappa shape index (κ1) is 19.2. The molecule has 0 bridgehead atoms. The predicted molar refractivity (Wildman–Crippen MR) is 105 cm³/mol. The number of anilines is 2. The molecule has 0 saturated carbocycles. The van der Waals surface area contributed by atoms with Crippen molar-refractivity contribution in [3.8, 4) is 0 Å². The van der Waals surface area contributed by atoms with Crippen LogP contribution < -0.4 is 15.8 Å². The monoisotopic (exact) mass is 382 g/mol. The van der Waals surface area contributed by atoms with Crippen LogP contribution in [0.4, 0.5) is 15.9 Å². The first-order valence-corrected chi connectivity index (χ1v) is 8.72. The number of rotatable bonds is 5. The predicted octanol–water partition coefficient (Wildman–Crippen LogP) is 2.55. The van der Waals surface area contributed by atoms with Crippen molar-refractivity contribution in [1.29, 1.82) is 0 Å². The van der Waals surface area contributed by atoms with Crippen LogP contribution in [0, 0.1) is 5.82 Å². The van der Waals surface area contributed by atoms with Gasteiger partial charge in [-0.1, -0.05) is 25.1 Å². The second kappa shape index (κ2) is 7.99. The Labute approximate surface area is 160 Å². The number of carbonyl (C=O) groups excluding carboxylic acids is 2. The summed E-state index contributed by atoms with van der Waals surface area (Å²) in [5.74, 6) is -1.30. The maximum absolute atomic E-state index is 13.3. The van der Waals surface area contributed by atoms with E-state index >= 15 is 0 Å². The largest absolute Gasteiger partial charge is 0.324 e. The zero-order valence-corrected chi connectivity index (χ0v) is 15.5. The first-order chi connectivity index (χ1) is 13.4. The molecule has 144 valence electrons. The average Bonchev–Trinajstić information content (AvgIpc) is 2.68. The number of fused-ring (bicyclic) bond motifs is 1. The van der Waals surface area contributed by atoms with Crippen LogP contribution in [0.25, 0.3) is 11.0 Å². The summed E-state index contributed by atoms with van der Waals surface area (Å²) in [5, 5.41) is 2.57. The minimum atomic E-state index is -0.558. The Kier molecular flexibility index (Phi) is 5.49. The standard InChI is InChI=1S/C20H19FN4O3/c1-3-18(27)24(2)19-20(28)25(16-10-5-4-9-15(16)23-19)12-17(26)22-14-8-6-7-13(21)11-14/h4-11H,3,12H2,1-2H3,(H,22,26). The lowest BCUT2D eigenvalue weighted by atomic mass is 10.2. The summed E-state index contributed by atoms with van der Waals surface area (Å²) in [6.45, 7) is 1.38. The molecule has 3 rings (SSSR count). The third-order valence-corrected chi connectivity index (χ3v) is 4.24. The van der Waals surface area contributed by atoms with E-state index in [4.69, 9.17) is 0 Å². The number of aromatic nitrogens is 2. The molecule has 1 N–H and O–H groups in total. The molecule has 0 spiro atoms. The van der Waals surface area contributed by atoms with Crippen molar-refractivity contribution < 1.29 is 14.0 Å². The number of amides is 2. The molecule has 1 heterocycles. The third kappa shape index (κ3) is 3.90. The van der Waals surface area contributed by atoms with Crippen molar-refractivity contribution in [2.24, 2.45) is 0 Å². The molecular weight excluding hydrogens is 363 g/mol. The second-order valence-corrected chi connectivity index (χ2v) is 6.18. The van der Waals surface area contributed by atoms with Gasteiger partial charge in [0.05, 0.1) is 11.0 Å². The number of nitrogens with zero attached hydrogens (tertiary/aromatic N) is 3. The lowest BCUT2D eigenvalue weighted by Gasteiger charge is -2.18. The summed E-state index contributed by atoms with van der Waals surface area (Å²) in [6.07, 6.45) is 0.213. The number of halogens is 1. The lowest BCUT2D eigenvalue weighted by Crippen LogP contribution is -2.36. The molecule has 0 radical (unpaired) electrons. The molecule has 7 nitrogen and oxygen atoms in total. The summed E-state index contributed by atoms with van der Waals surface area (Å²) >= 11 is 0. The molecule has 0 aliphatic carbocycles. The maximum Gasteiger partial charge on any atom is 0.294 e. The molecule has 0 atom stereocenters. The van der Waals surface area contributed by atoms with Crippen LogP contribution in [-0.2, 0) is 16.1 Å². The maximum atomic E-state index is 13.3. The van der Waals surface area contributed by atoms with Crippen molar-refractivity contribution in [3.05, 3.63) is 64.7 Å². The number of hydrogen-bond acceptors (Lipinski definition) is 4. The molecule has 0 aliphatic heterocycles. The van der Waals surface area contributed by atoms with E-state index in [2.05, 4.69) is 10.3 Å². The fourth-order valence-corrected chi connectivity index (χ4v) is 2.82. The second-order valence-electron chi connectivity index (χ2n) is 6.18. The van der Waals surface area contributed by atoms with Gasteiger partial charge in [0, 0.05) is 19.2 Å². The highest BCUT2D eigenvalue weighted by atomic mass is 19.1. The summed E-state index contributed by atoms with van der Waals surface area (Å²) in [5.41, 5.74) is 0.668. The number of para-hydroxylation sites is 2. The fourth-order valence-electron chi connectivity index (χ4n) is 2.82. The zero-order chi connectivity index (χ0) is 20.3. The Bertz CT molecular complexity index is 1110. The Morgan fingerprint density at radius 2 is 1.93 bits per heavy atom. The molecule has 1 aromatic heterocycles. The van der Waals surface area contributed by atoms with Gasteiger partial charge in [-0.15, -0.1) is 0 Å². The first-order valence-electron chi connectivity index (χ1n) is 8.72. The normalized spacial score (nSPS) is 10.7. The molecule has 2 aromatic carbocycles. The molecule has 0 unspecified atom stereocenters. The van der Waals surface area contributed by atoms with Crippen LogP contribution in [0.2, 0.25) is 0 Å². The highest BCUT2D eigenvalue weighted by Crippen LogP contribution is 2.15. The van der Waals surface area contributed by atoms with E-state index in [1.807, 2.05) is 0 Å². The van der Waals surface area contributed by atoms with Gasteiger partial charge in [0.1, 0.15) is 12.4 Å². The quantitative estimate of drug-likeness (QED) is 0.735. The number of carbonyl (C=O) groups is 2. The SMILES string of the molecule is CCC(=O)N(C)c1nc2ccccc2n(CC(=O)Nc2cccc(F)c2)c1=O. The number of nitrogens with one attached hydrogen (secondary N) is 1.